The molecule has 0 aliphatic rings. The molecule has 0 aliphatic carbocycles. The van der Waals surface area contributed by atoms with E-state index in [0.29, 0.717) is 0 Å². The zero-order valence-corrected chi connectivity index (χ0v) is 14.7. The number of nitrogens with one attached hydrogen (secondary N) is 1. The van der Waals surface area contributed by atoms with Gasteiger partial charge in [-0.05, 0) is 68.1 Å². The van der Waals surface area contributed by atoms with Gasteiger partial charge in [0.1, 0.15) is 0 Å². The summed E-state index contributed by atoms with van der Waals surface area (Å²) in [5.41, 5.74) is 6.35. The molecular weight excluding hydrogens is 308 g/mol. The van der Waals surface area contributed by atoms with Crippen LogP contribution in [0.4, 0.5) is 0 Å². The molecule has 0 spiro atoms. The molecule has 0 amide bonds. The number of primary sulfonamides is 1. The molecule has 0 aromatic heterocycles. The zero-order valence-electron chi connectivity index (χ0n) is 13.9. The second-order valence-corrected chi connectivity index (χ2v) is 7.55. The molecule has 5 heteroatoms. The summed E-state index contributed by atoms with van der Waals surface area (Å²) in [6.45, 7) is 8.07. The zero-order chi connectivity index (χ0) is 17.0. The first-order chi connectivity index (χ1) is 10.8. The van der Waals surface area contributed by atoms with Crippen molar-refractivity contribution >= 4 is 10.0 Å². The van der Waals surface area contributed by atoms with Crippen molar-refractivity contribution in [3.05, 3.63) is 64.2 Å². The van der Waals surface area contributed by atoms with E-state index >= 15 is 0 Å². The molecule has 124 valence electrons. The van der Waals surface area contributed by atoms with Gasteiger partial charge >= 0.3 is 0 Å². The van der Waals surface area contributed by atoms with Crippen molar-refractivity contribution in [1.82, 2.24) is 5.32 Å². The Morgan fingerprint density at radius 1 is 1.00 bits per heavy atom. The molecule has 0 radical (unpaired) electrons. The minimum atomic E-state index is -3.61. The molecular formula is C18H24N2O2S. The molecule has 3 N–H and O–H groups in total. The maximum atomic E-state index is 11.2. The maximum absolute atomic E-state index is 11.2. The molecule has 2 aromatic rings. The Hall–Kier alpha value is -1.69. The van der Waals surface area contributed by atoms with E-state index in [-0.39, 0.29) is 4.90 Å². The molecule has 0 bridgehead atoms. The average Bonchev–Trinajstić information content (AvgIpc) is 2.45. The fourth-order valence-electron chi connectivity index (χ4n) is 2.78. The number of hydrogen-bond donors (Lipinski definition) is 2. The molecule has 4 nitrogen and oxygen atoms in total. The predicted octanol–water partition coefficient (Wildman–Crippen LogP) is 2.59. The van der Waals surface area contributed by atoms with Crippen LogP contribution in [0, 0.1) is 20.8 Å². The molecule has 0 saturated heterocycles. The quantitative estimate of drug-likeness (QED) is 0.799. The van der Waals surface area contributed by atoms with E-state index in [1.54, 1.807) is 12.1 Å². The first-order valence-corrected chi connectivity index (χ1v) is 9.21. The first kappa shape index (κ1) is 17.7. The molecule has 0 heterocycles. The van der Waals surface area contributed by atoms with Gasteiger partial charge in [0, 0.05) is 6.54 Å². The fraction of sp³-hybridized carbons (Fsp3) is 0.333. The number of rotatable bonds is 6. The molecule has 0 atom stereocenters. The summed E-state index contributed by atoms with van der Waals surface area (Å²) in [6.07, 6.45) is 0.842. The lowest BCUT2D eigenvalue weighted by Gasteiger charge is -2.12. The Kier molecular flexibility index (Phi) is 5.57. The van der Waals surface area contributed by atoms with Crippen LogP contribution in [0.25, 0.3) is 0 Å². The van der Waals surface area contributed by atoms with Crippen LogP contribution in [-0.2, 0) is 23.0 Å². The SMILES string of the molecule is Cc1cc(C)c(CNCCc2ccc(S(N)(=O)=O)cc2)c(C)c1. The molecule has 2 rings (SSSR count). The minimum absolute atomic E-state index is 0.153. The van der Waals surface area contributed by atoms with Gasteiger partial charge in [0.05, 0.1) is 4.90 Å². The largest absolute Gasteiger partial charge is 0.312 e. The highest BCUT2D eigenvalue weighted by atomic mass is 32.2. The number of benzene rings is 2. The summed E-state index contributed by atoms with van der Waals surface area (Å²) in [4.78, 5) is 0.153. The normalized spacial score (nSPS) is 11.7. The number of nitrogens with two attached hydrogens (primary N) is 1. The van der Waals surface area contributed by atoms with Gasteiger partial charge in [0.15, 0.2) is 0 Å². The van der Waals surface area contributed by atoms with Crippen LogP contribution in [0.5, 0.6) is 0 Å². The highest BCUT2D eigenvalue weighted by Gasteiger charge is 2.07. The number of aryl methyl sites for hydroxylation is 3. The van der Waals surface area contributed by atoms with E-state index < -0.39 is 10.0 Å². The van der Waals surface area contributed by atoms with Gasteiger partial charge in [-0.15, -0.1) is 0 Å². The van der Waals surface area contributed by atoms with Gasteiger partial charge in [0.2, 0.25) is 10.0 Å². The third kappa shape index (κ3) is 4.89. The predicted molar refractivity (Wildman–Crippen MR) is 93.9 cm³/mol. The van der Waals surface area contributed by atoms with Gasteiger partial charge < -0.3 is 5.32 Å². The van der Waals surface area contributed by atoms with Gasteiger partial charge in [-0.1, -0.05) is 29.8 Å². The summed E-state index contributed by atoms with van der Waals surface area (Å²) in [5, 5.41) is 8.54. The van der Waals surface area contributed by atoms with E-state index in [2.05, 4.69) is 38.2 Å². The monoisotopic (exact) mass is 332 g/mol. The highest BCUT2D eigenvalue weighted by Crippen LogP contribution is 2.16. The lowest BCUT2D eigenvalue weighted by molar-refractivity contribution is 0.597. The second kappa shape index (κ2) is 7.25. The van der Waals surface area contributed by atoms with E-state index in [1.807, 2.05) is 12.1 Å². The molecule has 23 heavy (non-hydrogen) atoms. The highest BCUT2D eigenvalue weighted by molar-refractivity contribution is 7.89. The van der Waals surface area contributed by atoms with E-state index in [0.717, 1.165) is 25.1 Å². The van der Waals surface area contributed by atoms with Crippen molar-refractivity contribution in [2.24, 2.45) is 5.14 Å². The Labute approximate surface area is 138 Å². The van der Waals surface area contributed by atoms with E-state index in [9.17, 15) is 8.42 Å². The number of sulfonamides is 1. The lowest BCUT2D eigenvalue weighted by atomic mass is 10.00. The topological polar surface area (TPSA) is 72.2 Å². The van der Waals surface area contributed by atoms with Crippen molar-refractivity contribution in [3.63, 3.8) is 0 Å². The Bertz CT molecular complexity index is 758. The van der Waals surface area contributed by atoms with Crippen LogP contribution in [0.15, 0.2) is 41.3 Å². The Balaban J connectivity index is 1.89. The van der Waals surface area contributed by atoms with Gasteiger partial charge in [0.25, 0.3) is 0 Å². The molecule has 2 aromatic carbocycles. The van der Waals surface area contributed by atoms with Gasteiger partial charge in [-0.2, -0.15) is 0 Å². The summed E-state index contributed by atoms with van der Waals surface area (Å²) >= 11 is 0. The van der Waals surface area contributed by atoms with Crippen molar-refractivity contribution in [2.45, 2.75) is 38.6 Å². The van der Waals surface area contributed by atoms with Gasteiger partial charge in [-0.25, -0.2) is 13.6 Å². The number of hydrogen-bond acceptors (Lipinski definition) is 3. The summed E-state index contributed by atoms with van der Waals surface area (Å²) in [7, 11) is -3.61. The molecule has 0 aliphatic heterocycles. The summed E-state index contributed by atoms with van der Waals surface area (Å²) < 4.78 is 22.4. The fourth-order valence-corrected chi connectivity index (χ4v) is 3.30. The second-order valence-electron chi connectivity index (χ2n) is 5.99. The standard InChI is InChI=1S/C18H24N2O2S/c1-13-10-14(2)18(15(3)11-13)12-20-9-8-16-4-6-17(7-5-16)23(19,21)22/h4-7,10-11,20H,8-9,12H2,1-3H3,(H2,19,21,22). The van der Waals surface area contributed by atoms with Crippen LogP contribution in [0.3, 0.4) is 0 Å². The van der Waals surface area contributed by atoms with Crippen LogP contribution in [0.1, 0.15) is 27.8 Å². The van der Waals surface area contributed by atoms with Crippen LogP contribution in [0.2, 0.25) is 0 Å². The average molecular weight is 332 g/mol. The molecule has 0 saturated carbocycles. The van der Waals surface area contributed by atoms with E-state index in [1.165, 1.54) is 22.3 Å². The smallest absolute Gasteiger partial charge is 0.238 e. The van der Waals surface area contributed by atoms with Crippen LogP contribution < -0.4 is 10.5 Å². The Morgan fingerprint density at radius 2 is 1.57 bits per heavy atom. The van der Waals surface area contributed by atoms with Crippen molar-refractivity contribution in [3.8, 4) is 0 Å². The molecule has 0 unspecified atom stereocenters. The van der Waals surface area contributed by atoms with Crippen molar-refractivity contribution in [1.29, 1.82) is 0 Å². The van der Waals surface area contributed by atoms with Crippen LogP contribution >= 0.6 is 0 Å². The maximum Gasteiger partial charge on any atom is 0.238 e. The lowest BCUT2D eigenvalue weighted by Crippen LogP contribution is -2.18. The van der Waals surface area contributed by atoms with Gasteiger partial charge in [-0.3, -0.25) is 0 Å². The minimum Gasteiger partial charge on any atom is -0.312 e. The third-order valence-corrected chi connectivity index (χ3v) is 4.91. The van der Waals surface area contributed by atoms with Crippen LogP contribution in [-0.4, -0.2) is 15.0 Å². The Morgan fingerprint density at radius 3 is 2.09 bits per heavy atom. The van der Waals surface area contributed by atoms with Crippen molar-refractivity contribution in [2.75, 3.05) is 6.54 Å². The van der Waals surface area contributed by atoms with Crippen molar-refractivity contribution < 1.29 is 8.42 Å². The summed E-state index contributed by atoms with van der Waals surface area (Å²) in [5.74, 6) is 0. The molecule has 0 fully saturated rings. The van der Waals surface area contributed by atoms with E-state index in [4.69, 9.17) is 5.14 Å². The summed E-state index contributed by atoms with van der Waals surface area (Å²) in [6, 6.07) is 11.1. The first-order valence-electron chi connectivity index (χ1n) is 7.66. The third-order valence-electron chi connectivity index (χ3n) is 3.98.